The maximum absolute atomic E-state index is 2.37. The molecular weight excluding hydrogens is 490 g/mol. The van der Waals surface area contributed by atoms with Crippen molar-refractivity contribution in [2.75, 3.05) is 11.9 Å². The molecule has 0 saturated carbocycles. The summed E-state index contributed by atoms with van der Waals surface area (Å²) in [6, 6.07) is 52.4. The number of benzene rings is 6. The van der Waals surface area contributed by atoms with Crippen LogP contribution in [0.4, 0.5) is 11.4 Å². The van der Waals surface area contributed by atoms with Gasteiger partial charge < -0.3 is 4.90 Å². The van der Waals surface area contributed by atoms with Gasteiger partial charge in [-0.1, -0.05) is 121 Å². The molecule has 0 aliphatic carbocycles. The molecule has 0 aliphatic rings. The Labute approximate surface area is 233 Å². The molecule has 1 heterocycles. The lowest BCUT2D eigenvalue weighted by Gasteiger charge is -2.26. The van der Waals surface area contributed by atoms with E-state index in [4.69, 9.17) is 0 Å². The first-order chi connectivity index (χ1) is 19.3. The van der Waals surface area contributed by atoms with Crippen LogP contribution in [0.15, 0.2) is 146 Å². The topological polar surface area (TPSA) is 3.24 Å². The van der Waals surface area contributed by atoms with E-state index >= 15 is 0 Å². The van der Waals surface area contributed by atoms with E-state index in [0.29, 0.717) is 0 Å². The van der Waals surface area contributed by atoms with Crippen molar-refractivity contribution in [1.29, 1.82) is 0 Å². The molecule has 1 aromatic heterocycles. The first kappa shape index (κ1) is 23.5. The molecule has 0 saturated heterocycles. The molecule has 1 nitrogen and oxygen atoms in total. The number of thiophene rings is 1. The fourth-order valence-electron chi connectivity index (χ4n) is 5.58. The zero-order valence-electron chi connectivity index (χ0n) is 21.7. The Morgan fingerprint density at radius 2 is 1.03 bits per heavy atom. The van der Waals surface area contributed by atoms with Crippen LogP contribution in [0.25, 0.3) is 53.6 Å². The average Bonchev–Trinajstić information content (AvgIpc) is 3.40. The summed E-state index contributed by atoms with van der Waals surface area (Å²) < 4.78 is 2.67. The van der Waals surface area contributed by atoms with Gasteiger partial charge in [-0.3, -0.25) is 0 Å². The zero-order valence-corrected chi connectivity index (χ0v) is 22.5. The maximum Gasteiger partial charge on any atom is 0.0488 e. The van der Waals surface area contributed by atoms with Gasteiger partial charge in [0.25, 0.3) is 0 Å². The quantitative estimate of drug-likeness (QED) is 0.219. The van der Waals surface area contributed by atoms with Crippen molar-refractivity contribution in [2.24, 2.45) is 0 Å². The highest BCUT2D eigenvalue weighted by Gasteiger charge is 2.17. The van der Waals surface area contributed by atoms with Crippen LogP contribution in [0.5, 0.6) is 0 Å². The molecule has 0 fully saturated rings. The monoisotopic (exact) mass is 517 g/mol. The fraction of sp³-hybridized carbons (Fsp3) is 0.0270. The van der Waals surface area contributed by atoms with E-state index in [1.54, 1.807) is 0 Å². The Bertz CT molecular complexity index is 1920. The molecule has 0 bridgehead atoms. The van der Waals surface area contributed by atoms with Gasteiger partial charge in [0.15, 0.2) is 0 Å². The molecule has 0 N–H and O–H groups in total. The van der Waals surface area contributed by atoms with Gasteiger partial charge in [0.2, 0.25) is 0 Å². The van der Waals surface area contributed by atoms with Crippen molar-refractivity contribution in [2.45, 2.75) is 0 Å². The minimum atomic E-state index is 1.18. The van der Waals surface area contributed by atoms with Crippen molar-refractivity contribution in [1.82, 2.24) is 0 Å². The van der Waals surface area contributed by atoms with Crippen molar-refractivity contribution in [3.05, 3.63) is 146 Å². The first-order valence-electron chi connectivity index (χ1n) is 13.3. The summed E-state index contributed by atoms with van der Waals surface area (Å²) in [5.41, 5.74) is 9.74. The Kier molecular flexibility index (Phi) is 5.96. The van der Waals surface area contributed by atoms with Crippen molar-refractivity contribution in [3.8, 4) is 33.4 Å². The van der Waals surface area contributed by atoms with Gasteiger partial charge in [-0.2, -0.15) is 0 Å². The second-order valence-electron chi connectivity index (χ2n) is 9.82. The van der Waals surface area contributed by atoms with Crippen LogP contribution in [-0.2, 0) is 0 Å². The van der Waals surface area contributed by atoms with Crippen LogP contribution in [0.3, 0.4) is 0 Å². The lowest BCUT2D eigenvalue weighted by molar-refractivity contribution is 1.21. The number of nitrogens with zero attached hydrogens (tertiary/aromatic N) is 1. The highest BCUT2D eigenvalue weighted by Crippen LogP contribution is 2.44. The Morgan fingerprint density at radius 3 is 1.82 bits per heavy atom. The number of hydrogen-bond acceptors (Lipinski definition) is 2. The number of para-hydroxylation sites is 1. The van der Waals surface area contributed by atoms with E-state index < -0.39 is 0 Å². The van der Waals surface area contributed by atoms with Crippen LogP contribution in [0, 0.1) is 0 Å². The molecule has 0 spiro atoms. The van der Waals surface area contributed by atoms with Crippen molar-refractivity contribution in [3.63, 3.8) is 0 Å². The Hall–Kier alpha value is -4.66. The SMILES string of the molecule is CN(c1ccccc1-c1ccccc1)c1ccc(-c2cccc3c2sc2ccccc23)cc1-c1ccccc1. The predicted octanol–water partition coefficient (Wildman–Crippen LogP) is 10.8. The average molecular weight is 518 g/mol. The van der Waals surface area contributed by atoms with Gasteiger partial charge in [-0.05, 0) is 46.5 Å². The summed E-state index contributed by atoms with van der Waals surface area (Å²) in [7, 11) is 2.18. The van der Waals surface area contributed by atoms with Gasteiger partial charge in [0.05, 0.1) is 0 Å². The third-order valence-corrected chi connectivity index (χ3v) is 8.73. The van der Waals surface area contributed by atoms with Gasteiger partial charge in [-0.15, -0.1) is 11.3 Å². The van der Waals surface area contributed by atoms with E-state index in [1.165, 1.54) is 64.9 Å². The molecule has 7 aromatic rings. The molecule has 0 unspecified atom stereocenters. The highest BCUT2D eigenvalue weighted by atomic mass is 32.1. The number of fused-ring (bicyclic) bond motifs is 3. The second kappa shape index (κ2) is 9.90. The van der Waals surface area contributed by atoms with Crippen LogP contribution in [0.2, 0.25) is 0 Å². The van der Waals surface area contributed by atoms with Gasteiger partial charge in [-0.25, -0.2) is 0 Å². The normalized spacial score (nSPS) is 11.2. The van der Waals surface area contributed by atoms with Gasteiger partial charge >= 0.3 is 0 Å². The molecule has 0 aliphatic heterocycles. The predicted molar refractivity (Wildman–Crippen MR) is 170 cm³/mol. The fourth-order valence-corrected chi connectivity index (χ4v) is 6.82. The summed E-state index contributed by atoms with van der Waals surface area (Å²) in [5.74, 6) is 0. The van der Waals surface area contributed by atoms with Crippen LogP contribution in [-0.4, -0.2) is 7.05 Å². The van der Waals surface area contributed by atoms with Crippen LogP contribution < -0.4 is 4.90 Å². The lowest BCUT2D eigenvalue weighted by Crippen LogP contribution is -2.12. The summed E-state index contributed by atoms with van der Waals surface area (Å²) >= 11 is 1.88. The molecule has 0 radical (unpaired) electrons. The smallest absolute Gasteiger partial charge is 0.0488 e. The molecule has 186 valence electrons. The molecule has 6 aromatic carbocycles. The van der Waals surface area contributed by atoms with E-state index in [-0.39, 0.29) is 0 Å². The highest BCUT2D eigenvalue weighted by molar-refractivity contribution is 7.26. The van der Waals surface area contributed by atoms with E-state index in [1.807, 2.05) is 11.3 Å². The van der Waals surface area contributed by atoms with Crippen LogP contribution >= 0.6 is 11.3 Å². The maximum atomic E-state index is 2.37. The number of hydrogen-bond donors (Lipinski definition) is 0. The van der Waals surface area contributed by atoms with Crippen molar-refractivity contribution < 1.29 is 0 Å². The summed E-state index contributed by atoms with van der Waals surface area (Å²) in [5, 5.41) is 2.66. The lowest BCUT2D eigenvalue weighted by atomic mass is 9.95. The zero-order chi connectivity index (χ0) is 26.2. The largest absolute Gasteiger partial charge is 0.344 e. The molecular formula is C37H27NS. The van der Waals surface area contributed by atoms with E-state index in [9.17, 15) is 0 Å². The molecule has 39 heavy (non-hydrogen) atoms. The number of anilines is 2. The standard InChI is InChI=1S/C37H27NS/c1-38(34-21-10-8-17-29(34)26-13-4-2-5-14-26)35-24-23-28(25-33(35)27-15-6-3-7-16-27)30-19-12-20-32-31-18-9-11-22-36(31)39-37(30)32/h2-25H,1H3. The minimum absolute atomic E-state index is 1.18. The molecule has 0 atom stereocenters. The molecule has 7 rings (SSSR count). The van der Waals surface area contributed by atoms with Gasteiger partial charge in [0, 0.05) is 49.7 Å². The van der Waals surface area contributed by atoms with E-state index in [2.05, 4.69) is 158 Å². The van der Waals surface area contributed by atoms with E-state index in [0.717, 1.165) is 0 Å². The summed E-state index contributed by atoms with van der Waals surface area (Å²) in [6.07, 6.45) is 0. The van der Waals surface area contributed by atoms with Crippen molar-refractivity contribution >= 4 is 42.9 Å². The summed E-state index contributed by atoms with van der Waals surface area (Å²) in [4.78, 5) is 2.33. The van der Waals surface area contributed by atoms with Crippen LogP contribution in [0.1, 0.15) is 0 Å². The minimum Gasteiger partial charge on any atom is -0.344 e. The Balaban J connectivity index is 1.41. The third-order valence-electron chi connectivity index (χ3n) is 7.51. The molecule has 2 heteroatoms. The third kappa shape index (κ3) is 4.20. The number of rotatable bonds is 5. The first-order valence-corrected chi connectivity index (χ1v) is 14.1. The van der Waals surface area contributed by atoms with Gasteiger partial charge in [0.1, 0.15) is 0 Å². The second-order valence-corrected chi connectivity index (χ2v) is 10.9. The molecule has 0 amide bonds. The summed E-state index contributed by atoms with van der Waals surface area (Å²) in [6.45, 7) is 0. The Morgan fingerprint density at radius 1 is 0.436 bits per heavy atom.